The van der Waals surface area contributed by atoms with Gasteiger partial charge in [-0.05, 0) is 57.4 Å². The summed E-state index contributed by atoms with van der Waals surface area (Å²) in [5.41, 5.74) is 1.78. The highest BCUT2D eigenvalue weighted by Crippen LogP contribution is 2.27. The first-order valence-corrected chi connectivity index (χ1v) is 10.5. The molecule has 0 bridgehead atoms. The van der Waals surface area contributed by atoms with Gasteiger partial charge in [-0.1, -0.05) is 15.9 Å². The Balaban J connectivity index is 2.13. The zero-order chi connectivity index (χ0) is 21.8. The number of halogens is 1. The number of benzene rings is 1. The van der Waals surface area contributed by atoms with Gasteiger partial charge in [0.2, 0.25) is 0 Å². The van der Waals surface area contributed by atoms with Crippen molar-refractivity contribution in [3.05, 3.63) is 28.8 Å². The molecule has 2 amide bonds. The lowest BCUT2D eigenvalue weighted by Gasteiger charge is -2.35. The molecule has 0 N–H and O–H groups in total. The Labute approximate surface area is 180 Å². The van der Waals surface area contributed by atoms with E-state index in [4.69, 9.17) is 9.47 Å². The van der Waals surface area contributed by atoms with Crippen LogP contribution < -0.4 is 4.74 Å². The highest BCUT2D eigenvalue weighted by atomic mass is 79.9. The number of piperazine rings is 1. The number of aryl methyl sites for hydroxylation is 1. The van der Waals surface area contributed by atoms with Crippen molar-refractivity contribution < 1.29 is 23.9 Å². The minimum Gasteiger partial charge on any atom is -0.496 e. The molecule has 1 atom stereocenters. The summed E-state index contributed by atoms with van der Waals surface area (Å²) in [5.74, 6) is 0.354. The SMILES string of the molecule is COc1cc(C)c(CC(Br)C=O)cc1C(=O)N1CCN(C(=O)OC(C)(C)C)CC1. The van der Waals surface area contributed by atoms with Crippen LogP contribution in [0.4, 0.5) is 4.79 Å². The molecule has 160 valence electrons. The minimum atomic E-state index is -0.551. The summed E-state index contributed by atoms with van der Waals surface area (Å²) < 4.78 is 10.8. The largest absolute Gasteiger partial charge is 0.496 e. The Kier molecular flexibility index (Phi) is 7.68. The fraction of sp³-hybridized carbons (Fsp3) is 0.571. The van der Waals surface area contributed by atoms with E-state index < -0.39 is 5.60 Å². The Morgan fingerprint density at radius 1 is 1.17 bits per heavy atom. The number of hydrogen-bond acceptors (Lipinski definition) is 5. The number of rotatable bonds is 5. The van der Waals surface area contributed by atoms with Crippen molar-refractivity contribution in [1.29, 1.82) is 0 Å². The number of carbonyl (C=O) groups is 3. The van der Waals surface area contributed by atoms with E-state index >= 15 is 0 Å². The maximum absolute atomic E-state index is 13.1. The topological polar surface area (TPSA) is 76.2 Å². The third kappa shape index (κ3) is 6.19. The van der Waals surface area contributed by atoms with Gasteiger partial charge in [0.1, 0.15) is 17.6 Å². The Morgan fingerprint density at radius 3 is 2.28 bits per heavy atom. The molecule has 1 heterocycles. The average Bonchev–Trinajstić information content (AvgIpc) is 2.67. The molecule has 2 rings (SSSR count). The number of alkyl halides is 1. The fourth-order valence-corrected chi connectivity index (χ4v) is 3.48. The number of methoxy groups -OCH3 is 1. The van der Waals surface area contributed by atoms with Crippen LogP contribution in [0.3, 0.4) is 0 Å². The lowest BCUT2D eigenvalue weighted by Crippen LogP contribution is -2.51. The van der Waals surface area contributed by atoms with Crippen molar-refractivity contribution in [2.24, 2.45) is 0 Å². The van der Waals surface area contributed by atoms with Crippen LogP contribution >= 0.6 is 15.9 Å². The highest BCUT2D eigenvalue weighted by molar-refractivity contribution is 9.09. The lowest BCUT2D eigenvalue weighted by atomic mass is 9.99. The maximum Gasteiger partial charge on any atom is 0.410 e. The molecule has 0 saturated carbocycles. The third-order valence-corrected chi connectivity index (χ3v) is 5.21. The van der Waals surface area contributed by atoms with Gasteiger partial charge < -0.3 is 24.1 Å². The first-order valence-electron chi connectivity index (χ1n) is 9.59. The smallest absolute Gasteiger partial charge is 0.410 e. The van der Waals surface area contributed by atoms with Gasteiger partial charge in [-0.2, -0.15) is 0 Å². The van der Waals surface area contributed by atoms with Crippen molar-refractivity contribution in [2.75, 3.05) is 33.3 Å². The number of aldehydes is 1. The molecule has 1 fully saturated rings. The molecule has 0 radical (unpaired) electrons. The second-order valence-electron chi connectivity index (χ2n) is 8.09. The molecule has 0 aromatic heterocycles. The van der Waals surface area contributed by atoms with E-state index in [0.717, 1.165) is 17.4 Å². The summed E-state index contributed by atoms with van der Waals surface area (Å²) in [6.07, 6.45) is 0.963. The molecule has 29 heavy (non-hydrogen) atoms. The third-order valence-electron chi connectivity index (χ3n) is 4.67. The summed E-state index contributed by atoms with van der Waals surface area (Å²) in [6, 6.07) is 3.62. The van der Waals surface area contributed by atoms with Crippen LogP contribution in [0.15, 0.2) is 12.1 Å². The summed E-state index contributed by atoms with van der Waals surface area (Å²) in [4.78, 5) is 39.4. The number of carbonyl (C=O) groups excluding carboxylic acids is 3. The van der Waals surface area contributed by atoms with Crippen molar-refractivity contribution in [2.45, 2.75) is 44.5 Å². The summed E-state index contributed by atoms with van der Waals surface area (Å²) in [7, 11) is 1.53. The lowest BCUT2D eigenvalue weighted by molar-refractivity contribution is -0.107. The van der Waals surface area contributed by atoms with Crippen molar-refractivity contribution in [3.63, 3.8) is 0 Å². The first kappa shape index (κ1) is 23.2. The van der Waals surface area contributed by atoms with E-state index in [1.54, 1.807) is 15.9 Å². The first-order chi connectivity index (χ1) is 13.6. The van der Waals surface area contributed by atoms with Crippen molar-refractivity contribution >= 4 is 34.2 Å². The molecule has 1 unspecified atom stereocenters. The number of nitrogens with zero attached hydrogens (tertiary/aromatic N) is 2. The quantitative estimate of drug-likeness (QED) is 0.489. The second kappa shape index (κ2) is 9.61. The summed E-state index contributed by atoms with van der Waals surface area (Å²) in [5, 5.41) is 0. The van der Waals surface area contributed by atoms with Gasteiger partial charge in [-0.25, -0.2) is 4.79 Å². The Hall–Kier alpha value is -2.09. The molecule has 1 aliphatic heterocycles. The molecule has 8 heteroatoms. The molecule has 0 aliphatic carbocycles. The predicted molar refractivity (Wildman–Crippen MR) is 114 cm³/mol. The Bertz CT molecular complexity index is 767. The van der Waals surface area contributed by atoms with Crippen LogP contribution in [-0.2, 0) is 16.0 Å². The minimum absolute atomic E-state index is 0.149. The second-order valence-corrected chi connectivity index (χ2v) is 9.27. The molecule has 1 saturated heterocycles. The van der Waals surface area contributed by atoms with Crippen LogP contribution in [0, 0.1) is 6.92 Å². The van der Waals surface area contributed by atoms with E-state index in [1.165, 1.54) is 7.11 Å². The van der Waals surface area contributed by atoms with E-state index in [0.29, 0.717) is 43.9 Å². The van der Waals surface area contributed by atoms with Crippen molar-refractivity contribution in [3.8, 4) is 5.75 Å². The normalized spacial score (nSPS) is 15.7. The molecular weight excluding hydrogens is 440 g/mol. The molecule has 1 aliphatic rings. The zero-order valence-corrected chi connectivity index (χ0v) is 19.2. The molecular formula is C21H29BrN2O5. The van der Waals surface area contributed by atoms with Crippen LogP contribution in [0.2, 0.25) is 0 Å². The maximum atomic E-state index is 13.1. The van der Waals surface area contributed by atoms with E-state index in [2.05, 4.69) is 15.9 Å². The van der Waals surface area contributed by atoms with Gasteiger partial charge in [0.25, 0.3) is 5.91 Å². The van der Waals surface area contributed by atoms with Crippen LogP contribution in [0.5, 0.6) is 5.75 Å². The molecule has 1 aromatic carbocycles. The number of hydrogen-bond donors (Lipinski definition) is 0. The Morgan fingerprint density at radius 2 is 1.76 bits per heavy atom. The van der Waals surface area contributed by atoms with Crippen LogP contribution in [-0.4, -0.2) is 71.8 Å². The van der Waals surface area contributed by atoms with Gasteiger partial charge in [-0.15, -0.1) is 0 Å². The van der Waals surface area contributed by atoms with Gasteiger partial charge in [0.15, 0.2) is 0 Å². The summed E-state index contributed by atoms with van der Waals surface area (Å²) in [6.45, 7) is 9.07. The fourth-order valence-electron chi connectivity index (χ4n) is 3.13. The average molecular weight is 469 g/mol. The standard InChI is InChI=1S/C21H29BrN2O5/c1-14-10-18(28-5)17(12-15(14)11-16(22)13-25)19(26)23-6-8-24(9-7-23)20(27)29-21(2,3)4/h10,12-13,16H,6-9,11H2,1-5H3. The van der Waals surface area contributed by atoms with E-state index in [1.807, 2.05) is 33.8 Å². The highest BCUT2D eigenvalue weighted by Gasteiger charge is 2.29. The molecule has 0 spiro atoms. The number of amides is 2. The van der Waals surface area contributed by atoms with E-state index in [9.17, 15) is 14.4 Å². The van der Waals surface area contributed by atoms with Gasteiger partial charge in [0, 0.05) is 26.2 Å². The van der Waals surface area contributed by atoms with E-state index in [-0.39, 0.29) is 16.8 Å². The summed E-state index contributed by atoms with van der Waals surface area (Å²) >= 11 is 3.32. The van der Waals surface area contributed by atoms with Crippen LogP contribution in [0.1, 0.15) is 42.3 Å². The van der Waals surface area contributed by atoms with Gasteiger partial charge in [-0.3, -0.25) is 4.79 Å². The van der Waals surface area contributed by atoms with Crippen LogP contribution in [0.25, 0.3) is 0 Å². The monoisotopic (exact) mass is 468 g/mol. The molecule has 7 nitrogen and oxygen atoms in total. The van der Waals surface area contributed by atoms with Gasteiger partial charge in [0.05, 0.1) is 17.5 Å². The zero-order valence-electron chi connectivity index (χ0n) is 17.7. The van der Waals surface area contributed by atoms with Crippen molar-refractivity contribution in [1.82, 2.24) is 9.80 Å². The molecule has 1 aromatic rings. The number of ether oxygens (including phenoxy) is 2. The van der Waals surface area contributed by atoms with Gasteiger partial charge >= 0.3 is 6.09 Å². The predicted octanol–water partition coefficient (Wildman–Crippen LogP) is 3.20.